The molecule has 9 heteroatoms. The van der Waals surface area contributed by atoms with Crippen molar-refractivity contribution < 1.29 is 27.8 Å². The van der Waals surface area contributed by atoms with Crippen LogP contribution in [0.15, 0.2) is 71.9 Å². The monoisotopic (exact) mass is 495 g/mol. The second-order valence-electron chi connectivity index (χ2n) is 8.21. The van der Waals surface area contributed by atoms with Crippen molar-refractivity contribution in [3.05, 3.63) is 107 Å². The van der Waals surface area contributed by atoms with E-state index in [-0.39, 0.29) is 41.3 Å². The Morgan fingerprint density at radius 1 is 1.08 bits per heavy atom. The molecule has 3 aromatic rings. The van der Waals surface area contributed by atoms with Crippen molar-refractivity contribution in [2.45, 2.75) is 18.6 Å². The standard InChI is InChI=1S/C27H24F3N3O3/c1-36-25(15-34)23(13-22-20(29)6-3-11-31-22)33-27(35)19-4-2-5-21(30)26(19)24-12-17(14-32-24)16-7-9-18(28)10-8-16/h2-12,23,25,34H,13-15H2,1H3,(H,33,35)/t23-,25-/m1/s1. The van der Waals surface area contributed by atoms with Gasteiger partial charge in [0.1, 0.15) is 23.6 Å². The van der Waals surface area contributed by atoms with Crippen molar-refractivity contribution in [1.29, 1.82) is 0 Å². The number of halogens is 3. The average Bonchev–Trinajstić information content (AvgIpc) is 3.36. The van der Waals surface area contributed by atoms with Crippen LogP contribution in [0.3, 0.4) is 0 Å². The lowest BCUT2D eigenvalue weighted by molar-refractivity contribution is 0.0212. The highest BCUT2D eigenvalue weighted by Gasteiger charge is 2.28. The molecule has 0 fully saturated rings. The van der Waals surface area contributed by atoms with Crippen LogP contribution in [0.5, 0.6) is 0 Å². The van der Waals surface area contributed by atoms with Gasteiger partial charge in [0.2, 0.25) is 0 Å². The van der Waals surface area contributed by atoms with E-state index in [1.165, 1.54) is 55.8 Å². The molecular formula is C27H24F3N3O3. The molecular weight excluding hydrogens is 471 g/mol. The molecule has 36 heavy (non-hydrogen) atoms. The Hall–Kier alpha value is -3.82. The van der Waals surface area contributed by atoms with Gasteiger partial charge in [-0.15, -0.1) is 0 Å². The van der Waals surface area contributed by atoms with Crippen molar-refractivity contribution in [1.82, 2.24) is 10.3 Å². The van der Waals surface area contributed by atoms with Gasteiger partial charge in [0.25, 0.3) is 5.91 Å². The molecule has 6 nitrogen and oxygen atoms in total. The molecule has 0 aliphatic carbocycles. The molecule has 0 radical (unpaired) electrons. The fraction of sp³-hybridized carbons (Fsp3) is 0.222. The fourth-order valence-corrected chi connectivity index (χ4v) is 4.05. The number of aliphatic hydroxyl groups excluding tert-OH is 1. The minimum absolute atomic E-state index is 0.00726. The number of ether oxygens (including phenoxy) is 1. The van der Waals surface area contributed by atoms with Crippen LogP contribution in [0.25, 0.3) is 5.57 Å². The number of nitrogens with zero attached hydrogens (tertiary/aromatic N) is 2. The zero-order valence-corrected chi connectivity index (χ0v) is 19.4. The third-order valence-electron chi connectivity index (χ3n) is 5.96. The minimum atomic E-state index is -0.860. The van der Waals surface area contributed by atoms with Crippen LogP contribution >= 0.6 is 0 Å². The fourth-order valence-electron chi connectivity index (χ4n) is 4.05. The minimum Gasteiger partial charge on any atom is -0.394 e. The first-order valence-corrected chi connectivity index (χ1v) is 11.2. The van der Waals surface area contributed by atoms with E-state index < -0.39 is 36.3 Å². The predicted octanol–water partition coefficient (Wildman–Crippen LogP) is 3.73. The molecule has 186 valence electrons. The number of allylic oxidation sites excluding steroid dienone is 1. The van der Waals surface area contributed by atoms with Crippen LogP contribution in [0.1, 0.15) is 27.2 Å². The summed E-state index contributed by atoms with van der Waals surface area (Å²) >= 11 is 0. The molecule has 2 atom stereocenters. The Kier molecular flexibility index (Phi) is 7.92. The number of aliphatic imine (C=N–C) groups is 1. The van der Waals surface area contributed by atoms with Crippen LogP contribution in [-0.2, 0) is 11.2 Å². The van der Waals surface area contributed by atoms with Gasteiger partial charge in [-0.3, -0.25) is 14.8 Å². The number of pyridine rings is 1. The van der Waals surface area contributed by atoms with Crippen molar-refractivity contribution in [3.8, 4) is 0 Å². The SMILES string of the molecule is CO[C@H](CO)[C@@H](Cc1ncccc1F)NC(=O)c1cccc(F)c1C1=NCC(c2ccc(F)cc2)=C1. The van der Waals surface area contributed by atoms with Crippen molar-refractivity contribution in [2.24, 2.45) is 4.99 Å². The van der Waals surface area contributed by atoms with Gasteiger partial charge < -0.3 is 15.2 Å². The van der Waals surface area contributed by atoms with Gasteiger partial charge in [0.15, 0.2) is 0 Å². The van der Waals surface area contributed by atoms with Crippen LogP contribution in [0.4, 0.5) is 13.2 Å². The number of methoxy groups -OCH3 is 1. The average molecular weight is 496 g/mol. The van der Waals surface area contributed by atoms with E-state index in [2.05, 4.69) is 15.3 Å². The summed E-state index contributed by atoms with van der Waals surface area (Å²) in [5.74, 6) is -2.22. The van der Waals surface area contributed by atoms with E-state index in [0.29, 0.717) is 0 Å². The first-order valence-electron chi connectivity index (χ1n) is 11.2. The molecule has 0 saturated heterocycles. The zero-order chi connectivity index (χ0) is 25.7. The second-order valence-corrected chi connectivity index (χ2v) is 8.21. The Labute approximate surface area is 206 Å². The summed E-state index contributed by atoms with van der Waals surface area (Å²) in [5, 5.41) is 12.5. The molecule has 1 aliphatic rings. The summed E-state index contributed by atoms with van der Waals surface area (Å²) in [6.07, 6.45) is 2.17. The Bertz CT molecular complexity index is 1310. The molecule has 4 rings (SSSR count). The van der Waals surface area contributed by atoms with Crippen molar-refractivity contribution in [3.63, 3.8) is 0 Å². The number of rotatable bonds is 9. The largest absolute Gasteiger partial charge is 0.394 e. The number of aliphatic hydroxyl groups is 1. The summed E-state index contributed by atoms with van der Waals surface area (Å²) in [6, 6.07) is 11.8. The first kappa shape index (κ1) is 25.3. The highest BCUT2D eigenvalue weighted by molar-refractivity contribution is 6.19. The lowest BCUT2D eigenvalue weighted by atomic mass is 9.98. The van der Waals surface area contributed by atoms with E-state index in [9.17, 15) is 18.7 Å². The van der Waals surface area contributed by atoms with Crippen molar-refractivity contribution >= 4 is 17.2 Å². The van der Waals surface area contributed by atoms with Crippen LogP contribution in [-0.4, -0.2) is 54.1 Å². The highest BCUT2D eigenvalue weighted by Crippen LogP contribution is 2.25. The van der Waals surface area contributed by atoms with Gasteiger partial charge in [-0.1, -0.05) is 18.2 Å². The quantitative estimate of drug-likeness (QED) is 0.474. The number of carbonyl (C=O) groups excluding carboxylic acids is 1. The number of hydrogen-bond acceptors (Lipinski definition) is 5. The van der Waals surface area contributed by atoms with E-state index in [1.54, 1.807) is 18.2 Å². The second kappa shape index (κ2) is 11.3. The van der Waals surface area contributed by atoms with Gasteiger partial charge in [-0.25, -0.2) is 13.2 Å². The number of amides is 1. The van der Waals surface area contributed by atoms with E-state index in [4.69, 9.17) is 4.74 Å². The van der Waals surface area contributed by atoms with Crippen LogP contribution in [0.2, 0.25) is 0 Å². The number of nitrogens with one attached hydrogen (secondary N) is 1. The summed E-state index contributed by atoms with van der Waals surface area (Å²) < 4.78 is 47.8. The molecule has 1 amide bonds. The third-order valence-corrected chi connectivity index (χ3v) is 5.96. The topological polar surface area (TPSA) is 83.8 Å². The Balaban J connectivity index is 1.63. The molecule has 0 bridgehead atoms. The maximum Gasteiger partial charge on any atom is 0.252 e. The summed E-state index contributed by atoms with van der Waals surface area (Å²) in [7, 11) is 1.36. The summed E-state index contributed by atoms with van der Waals surface area (Å²) in [5.41, 5.74) is 1.88. The predicted molar refractivity (Wildman–Crippen MR) is 129 cm³/mol. The molecule has 1 aliphatic heterocycles. The maximum absolute atomic E-state index is 15.0. The molecule has 0 spiro atoms. The van der Waals surface area contributed by atoms with Gasteiger partial charge in [0, 0.05) is 25.3 Å². The smallest absolute Gasteiger partial charge is 0.252 e. The third kappa shape index (κ3) is 5.53. The number of aromatic nitrogens is 1. The van der Waals surface area contributed by atoms with Gasteiger partial charge in [-0.05, 0) is 53.6 Å². The Morgan fingerprint density at radius 3 is 2.53 bits per heavy atom. The first-order chi connectivity index (χ1) is 17.4. The Morgan fingerprint density at radius 2 is 1.83 bits per heavy atom. The lowest BCUT2D eigenvalue weighted by Crippen LogP contribution is -2.47. The number of benzene rings is 2. The van der Waals surface area contributed by atoms with E-state index in [1.807, 2.05) is 0 Å². The molecule has 0 saturated carbocycles. The highest BCUT2D eigenvalue weighted by atomic mass is 19.1. The molecule has 2 N–H and O–H groups in total. The maximum atomic E-state index is 15.0. The molecule has 1 aromatic heterocycles. The van der Waals surface area contributed by atoms with Crippen LogP contribution < -0.4 is 5.32 Å². The van der Waals surface area contributed by atoms with E-state index in [0.717, 1.165) is 11.1 Å². The normalized spacial score (nSPS) is 14.7. The van der Waals surface area contributed by atoms with Crippen molar-refractivity contribution in [2.75, 3.05) is 20.3 Å². The summed E-state index contributed by atoms with van der Waals surface area (Å²) in [6.45, 7) is -0.198. The van der Waals surface area contributed by atoms with Gasteiger partial charge in [0.05, 0.1) is 36.2 Å². The van der Waals surface area contributed by atoms with Gasteiger partial charge >= 0.3 is 0 Å². The van der Waals surface area contributed by atoms with Crippen LogP contribution in [0, 0.1) is 17.5 Å². The number of hydrogen-bond donors (Lipinski definition) is 2. The van der Waals surface area contributed by atoms with E-state index >= 15 is 4.39 Å². The lowest BCUT2D eigenvalue weighted by Gasteiger charge is -2.26. The molecule has 0 unspecified atom stereocenters. The zero-order valence-electron chi connectivity index (χ0n) is 19.4. The molecule has 2 aromatic carbocycles. The van der Waals surface area contributed by atoms with Gasteiger partial charge in [-0.2, -0.15) is 0 Å². The number of carbonyl (C=O) groups is 1. The summed E-state index contributed by atoms with van der Waals surface area (Å²) in [4.78, 5) is 21.8. The molecule has 2 heterocycles.